The van der Waals surface area contributed by atoms with Crippen molar-refractivity contribution in [1.29, 1.82) is 0 Å². The quantitative estimate of drug-likeness (QED) is 0.521. The smallest absolute Gasteiger partial charge is 0.262 e. The fourth-order valence-electron chi connectivity index (χ4n) is 4.78. The molecule has 37 heavy (non-hydrogen) atoms. The number of hydrogen-bond acceptors (Lipinski definition) is 5. The average molecular weight is 528 g/mol. The molecule has 0 radical (unpaired) electrons. The monoisotopic (exact) mass is 527 g/mol. The maximum atomic E-state index is 13.8. The van der Waals surface area contributed by atoms with E-state index < -0.39 is 0 Å². The minimum atomic E-state index is -0.256. The van der Waals surface area contributed by atoms with Gasteiger partial charge in [0.1, 0.15) is 6.54 Å². The summed E-state index contributed by atoms with van der Waals surface area (Å²) in [5, 5.41) is 7.00. The number of hydrogen-bond donors (Lipinski definition) is 0. The highest BCUT2D eigenvalue weighted by molar-refractivity contribution is 6.30. The van der Waals surface area contributed by atoms with Crippen LogP contribution in [0.15, 0.2) is 47.7 Å². The zero-order chi connectivity index (χ0) is 26.6. The molecule has 200 valence electrons. The van der Waals surface area contributed by atoms with Gasteiger partial charge in [-0.05, 0) is 35.2 Å². The predicted octanol–water partition coefficient (Wildman–Crippen LogP) is 3.95. The molecule has 3 heterocycles. The van der Waals surface area contributed by atoms with E-state index in [-0.39, 0.29) is 29.8 Å². The van der Waals surface area contributed by atoms with Crippen molar-refractivity contribution in [2.75, 3.05) is 45.9 Å². The number of morpholine rings is 1. The molecule has 0 unspecified atom stereocenters. The van der Waals surface area contributed by atoms with Gasteiger partial charge in [0.25, 0.3) is 5.91 Å². The number of rotatable bonds is 8. The van der Waals surface area contributed by atoms with Crippen molar-refractivity contribution in [2.24, 2.45) is 17.6 Å². The molecule has 8 nitrogen and oxygen atoms in total. The molecule has 0 spiro atoms. The Labute approximate surface area is 224 Å². The SMILES string of the molecule is Cn1cccc1C1=NN(C(=O)CN(CCN2CCOCC2)C(=O)CC(C)(C)C)[C@@H](c2ccc(Cl)cc2)C1. The first kappa shape index (κ1) is 27.4. The van der Waals surface area contributed by atoms with E-state index in [1.165, 1.54) is 0 Å². The Morgan fingerprint density at radius 3 is 2.46 bits per heavy atom. The zero-order valence-corrected chi connectivity index (χ0v) is 23.1. The summed E-state index contributed by atoms with van der Waals surface area (Å²) in [7, 11) is 1.97. The van der Waals surface area contributed by atoms with Crippen molar-refractivity contribution < 1.29 is 14.3 Å². The van der Waals surface area contributed by atoms with Gasteiger partial charge in [-0.2, -0.15) is 5.10 Å². The molecular weight excluding hydrogens is 490 g/mol. The van der Waals surface area contributed by atoms with Gasteiger partial charge in [0.15, 0.2) is 0 Å². The molecule has 1 aromatic carbocycles. The molecule has 4 rings (SSSR count). The molecule has 2 aromatic rings. The molecule has 2 aliphatic rings. The summed E-state index contributed by atoms with van der Waals surface area (Å²) >= 11 is 6.13. The molecular formula is C28H38ClN5O3. The Bertz CT molecular complexity index is 1120. The molecule has 1 aromatic heterocycles. The van der Waals surface area contributed by atoms with E-state index in [0.717, 1.165) is 30.1 Å². The van der Waals surface area contributed by atoms with Crippen LogP contribution in [0.5, 0.6) is 0 Å². The van der Waals surface area contributed by atoms with Gasteiger partial charge in [0.2, 0.25) is 5.91 Å². The number of aromatic nitrogens is 1. The number of ether oxygens (including phenoxy) is 1. The molecule has 2 aliphatic heterocycles. The summed E-state index contributed by atoms with van der Waals surface area (Å²) in [6.45, 7) is 10.4. The van der Waals surface area contributed by atoms with Gasteiger partial charge in [-0.15, -0.1) is 0 Å². The number of amides is 2. The molecule has 0 bridgehead atoms. The van der Waals surface area contributed by atoms with E-state index in [0.29, 0.717) is 44.2 Å². The molecule has 9 heteroatoms. The van der Waals surface area contributed by atoms with E-state index in [2.05, 4.69) is 4.90 Å². The van der Waals surface area contributed by atoms with E-state index >= 15 is 0 Å². The Hall–Kier alpha value is -2.68. The van der Waals surface area contributed by atoms with Gasteiger partial charge in [-0.25, -0.2) is 5.01 Å². The van der Waals surface area contributed by atoms with Crippen LogP contribution in [0.2, 0.25) is 5.02 Å². The van der Waals surface area contributed by atoms with Crippen molar-refractivity contribution in [2.45, 2.75) is 39.7 Å². The lowest BCUT2D eigenvalue weighted by Gasteiger charge is -2.32. The van der Waals surface area contributed by atoms with Gasteiger partial charge in [-0.3, -0.25) is 14.5 Å². The number of aryl methyl sites for hydroxylation is 1. The molecule has 2 amide bonds. The summed E-state index contributed by atoms with van der Waals surface area (Å²) in [4.78, 5) is 31.1. The first-order valence-corrected chi connectivity index (χ1v) is 13.3. The van der Waals surface area contributed by atoms with Gasteiger partial charge >= 0.3 is 0 Å². The highest BCUT2D eigenvalue weighted by Crippen LogP contribution is 2.33. The lowest BCUT2D eigenvalue weighted by atomic mass is 9.91. The Kier molecular flexibility index (Phi) is 8.72. The van der Waals surface area contributed by atoms with Crippen LogP contribution >= 0.6 is 11.6 Å². The zero-order valence-electron chi connectivity index (χ0n) is 22.3. The molecule has 1 saturated heterocycles. The fourth-order valence-corrected chi connectivity index (χ4v) is 4.91. The van der Waals surface area contributed by atoms with Crippen LogP contribution in [-0.2, 0) is 21.4 Å². The largest absolute Gasteiger partial charge is 0.379 e. The molecule has 0 N–H and O–H groups in total. The highest BCUT2D eigenvalue weighted by Gasteiger charge is 2.35. The van der Waals surface area contributed by atoms with Crippen molar-refractivity contribution in [3.8, 4) is 0 Å². The Morgan fingerprint density at radius 1 is 1.14 bits per heavy atom. The maximum Gasteiger partial charge on any atom is 0.262 e. The standard InChI is InChI=1S/C28H38ClN5O3/c1-28(2,3)19-26(35)33(13-12-32-14-16-37-17-15-32)20-27(36)34-25(21-7-9-22(29)10-8-21)18-23(30-34)24-6-5-11-31(24)4/h5-11,25H,12-20H2,1-4H3/t25-/m1/s1. The molecule has 0 saturated carbocycles. The summed E-state index contributed by atoms with van der Waals surface area (Å²) in [6.07, 6.45) is 2.94. The normalized spacial score (nSPS) is 18.7. The third-order valence-electron chi connectivity index (χ3n) is 6.81. The lowest BCUT2D eigenvalue weighted by Crippen LogP contribution is -2.47. The molecule has 1 fully saturated rings. The summed E-state index contributed by atoms with van der Waals surface area (Å²) in [6, 6.07) is 11.3. The van der Waals surface area contributed by atoms with Crippen LogP contribution in [0, 0.1) is 5.41 Å². The minimum absolute atomic E-state index is 0.00669. The second-order valence-electron chi connectivity index (χ2n) is 11.1. The number of carbonyl (C=O) groups excluding carboxylic acids is 2. The van der Waals surface area contributed by atoms with Crippen LogP contribution in [0.25, 0.3) is 0 Å². The maximum absolute atomic E-state index is 13.8. The second-order valence-corrected chi connectivity index (χ2v) is 11.5. The van der Waals surface area contributed by atoms with E-state index in [1.807, 2.05) is 75.0 Å². The molecule has 1 atom stereocenters. The number of benzene rings is 1. The summed E-state index contributed by atoms with van der Waals surface area (Å²) < 4.78 is 7.46. The van der Waals surface area contributed by atoms with Gasteiger partial charge in [-0.1, -0.05) is 44.5 Å². The summed E-state index contributed by atoms with van der Waals surface area (Å²) in [5.74, 6) is -0.198. The Morgan fingerprint density at radius 2 is 1.84 bits per heavy atom. The predicted molar refractivity (Wildman–Crippen MR) is 146 cm³/mol. The van der Waals surface area contributed by atoms with Gasteiger partial charge < -0.3 is 14.2 Å². The van der Waals surface area contributed by atoms with E-state index in [4.69, 9.17) is 21.4 Å². The third-order valence-corrected chi connectivity index (χ3v) is 7.06. The highest BCUT2D eigenvalue weighted by atomic mass is 35.5. The van der Waals surface area contributed by atoms with Crippen molar-refractivity contribution in [3.63, 3.8) is 0 Å². The van der Waals surface area contributed by atoms with Crippen LogP contribution in [0.1, 0.15) is 50.9 Å². The van der Waals surface area contributed by atoms with E-state index in [1.54, 1.807) is 9.91 Å². The van der Waals surface area contributed by atoms with Crippen molar-refractivity contribution in [1.82, 2.24) is 19.4 Å². The number of nitrogens with zero attached hydrogens (tertiary/aromatic N) is 5. The van der Waals surface area contributed by atoms with Crippen LogP contribution in [-0.4, -0.2) is 82.8 Å². The summed E-state index contributed by atoms with van der Waals surface area (Å²) in [5.41, 5.74) is 2.62. The van der Waals surface area contributed by atoms with Gasteiger partial charge in [0.05, 0.1) is 30.7 Å². The van der Waals surface area contributed by atoms with E-state index in [9.17, 15) is 9.59 Å². The topological polar surface area (TPSA) is 70.4 Å². The average Bonchev–Trinajstić information content (AvgIpc) is 3.48. The minimum Gasteiger partial charge on any atom is -0.379 e. The first-order chi connectivity index (χ1) is 17.6. The number of carbonyl (C=O) groups is 2. The second kappa shape index (κ2) is 11.8. The molecule has 0 aliphatic carbocycles. The number of hydrazone groups is 1. The van der Waals surface area contributed by atoms with Crippen LogP contribution < -0.4 is 0 Å². The Balaban J connectivity index is 1.56. The number of halogens is 1. The van der Waals surface area contributed by atoms with Crippen LogP contribution in [0.3, 0.4) is 0 Å². The van der Waals surface area contributed by atoms with Crippen LogP contribution in [0.4, 0.5) is 0 Å². The lowest BCUT2D eigenvalue weighted by molar-refractivity contribution is -0.142. The fraction of sp³-hybridized carbons (Fsp3) is 0.536. The third kappa shape index (κ3) is 7.21. The van der Waals surface area contributed by atoms with Gasteiger partial charge in [0, 0.05) is 57.3 Å². The van der Waals surface area contributed by atoms with Crippen molar-refractivity contribution >= 4 is 29.1 Å². The van der Waals surface area contributed by atoms with Crippen molar-refractivity contribution in [3.05, 3.63) is 58.9 Å². The first-order valence-electron chi connectivity index (χ1n) is 13.0.